The van der Waals surface area contributed by atoms with Crippen LogP contribution in [0.4, 0.5) is 0 Å². The summed E-state index contributed by atoms with van der Waals surface area (Å²) in [6, 6.07) is 8.54. The minimum atomic E-state index is -0.112. The molecule has 0 aliphatic heterocycles. The van der Waals surface area contributed by atoms with Crippen molar-refractivity contribution in [1.29, 1.82) is 0 Å². The highest BCUT2D eigenvalue weighted by Crippen LogP contribution is 2.48. The first kappa shape index (κ1) is 17.8. The summed E-state index contributed by atoms with van der Waals surface area (Å²) in [5, 5.41) is 0.762. The lowest BCUT2D eigenvalue weighted by molar-refractivity contribution is 0.213. The van der Waals surface area contributed by atoms with Crippen molar-refractivity contribution in [1.82, 2.24) is 9.97 Å². The van der Waals surface area contributed by atoms with Crippen LogP contribution in [0.25, 0.3) is 11.3 Å². The third-order valence-electron chi connectivity index (χ3n) is 6.25. The molecule has 0 unspecified atom stereocenters. The Morgan fingerprint density at radius 1 is 1.23 bits per heavy atom. The molecule has 1 aromatic carbocycles. The lowest BCUT2D eigenvalue weighted by atomic mass is 9.60. The zero-order valence-electron chi connectivity index (χ0n) is 15.8. The molecule has 1 fully saturated rings. The molecule has 4 heteroatoms. The van der Waals surface area contributed by atoms with Gasteiger partial charge >= 0.3 is 0 Å². The van der Waals surface area contributed by atoms with Crippen molar-refractivity contribution in [2.75, 3.05) is 5.75 Å². The van der Waals surface area contributed by atoms with Gasteiger partial charge in [-0.3, -0.25) is 4.79 Å². The maximum atomic E-state index is 13.2. The first-order valence-electron chi connectivity index (χ1n) is 9.99. The van der Waals surface area contributed by atoms with Gasteiger partial charge in [-0.05, 0) is 37.2 Å². The van der Waals surface area contributed by atoms with E-state index in [0.29, 0.717) is 5.92 Å². The molecule has 0 spiro atoms. The van der Waals surface area contributed by atoms with Crippen LogP contribution in [-0.2, 0) is 11.8 Å². The molecule has 1 heterocycles. The van der Waals surface area contributed by atoms with Gasteiger partial charge in [-0.15, -0.1) is 0 Å². The summed E-state index contributed by atoms with van der Waals surface area (Å²) in [6.45, 7) is 4.46. The van der Waals surface area contributed by atoms with Gasteiger partial charge in [0.05, 0.1) is 11.3 Å². The van der Waals surface area contributed by atoms with E-state index < -0.39 is 0 Å². The lowest BCUT2D eigenvalue weighted by Crippen LogP contribution is -2.43. The summed E-state index contributed by atoms with van der Waals surface area (Å²) >= 11 is 1.65. The minimum Gasteiger partial charge on any atom is -0.301 e. The molecule has 3 nitrogen and oxygen atoms in total. The van der Waals surface area contributed by atoms with Crippen LogP contribution >= 0.6 is 11.8 Å². The van der Waals surface area contributed by atoms with Gasteiger partial charge in [0.2, 0.25) is 0 Å². The summed E-state index contributed by atoms with van der Waals surface area (Å²) in [5.41, 5.74) is 4.33. The summed E-state index contributed by atoms with van der Waals surface area (Å²) < 4.78 is 0. The average molecular weight is 369 g/mol. The number of H-pyrrole nitrogens is 1. The van der Waals surface area contributed by atoms with Crippen LogP contribution in [0.3, 0.4) is 0 Å². The number of thioether (sulfide) groups is 1. The Balaban J connectivity index is 1.88. The molecule has 26 heavy (non-hydrogen) atoms. The second kappa shape index (κ2) is 7.22. The Bertz CT molecular complexity index is 853. The second-order valence-electron chi connectivity index (χ2n) is 8.03. The molecule has 0 radical (unpaired) electrons. The van der Waals surface area contributed by atoms with Crippen molar-refractivity contribution in [3.8, 4) is 11.3 Å². The highest BCUT2D eigenvalue weighted by atomic mass is 32.2. The SMILES string of the molecule is CCCSc1nc2c(c(=O)[nH]1)[C@@](C)(C1CCCCC1)Cc1ccccc1-2. The molecule has 4 rings (SSSR count). The van der Waals surface area contributed by atoms with Crippen molar-refractivity contribution in [3.63, 3.8) is 0 Å². The number of hydrogen-bond donors (Lipinski definition) is 1. The van der Waals surface area contributed by atoms with E-state index in [1.54, 1.807) is 11.8 Å². The van der Waals surface area contributed by atoms with Crippen molar-refractivity contribution in [2.45, 2.75) is 69.4 Å². The van der Waals surface area contributed by atoms with E-state index in [1.807, 2.05) is 0 Å². The first-order valence-corrected chi connectivity index (χ1v) is 11.0. The Morgan fingerprint density at radius 2 is 2.00 bits per heavy atom. The van der Waals surface area contributed by atoms with Gasteiger partial charge < -0.3 is 4.98 Å². The van der Waals surface area contributed by atoms with Crippen molar-refractivity contribution in [3.05, 3.63) is 45.7 Å². The van der Waals surface area contributed by atoms with E-state index in [2.05, 4.69) is 43.1 Å². The van der Waals surface area contributed by atoms with Gasteiger partial charge in [-0.1, -0.05) is 69.1 Å². The van der Waals surface area contributed by atoms with Crippen LogP contribution in [0.2, 0.25) is 0 Å². The quantitative estimate of drug-likeness (QED) is 0.586. The smallest absolute Gasteiger partial charge is 0.255 e. The van der Waals surface area contributed by atoms with Crippen LogP contribution in [0.15, 0.2) is 34.2 Å². The summed E-state index contributed by atoms with van der Waals surface area (Å²) in [4.78, 5) is 21.2. The number of hydrogen-bond acceptors (Lipinski definition) is 3. The lowest BCUT2D eigenvalue weighted by Gasteiger charge is -2.43. The van der Waals surface area contributed by atoms with E-state index in [9.17, 15) is 4.79 Å². The zero-order valence-corrected chi connectivity index (χ0v) is 16.6. The van der Waals surface area contributed by atoms with Crippen LogP contribution < -0.4 is 5.56 Å². The third kappa shape index (κ3) is 3.02. The molecular formula is C22H28N2OS. The molecule has 2 aliphatic rings. The van der Waals surface area contributed by atoms with Gasteiger partial charge in [0.1, 0.15) is 0 Å². The second-order valence-corrected chi connectivity index (χ2v) is 9.11. The van der Waals surface area contributed by atoms with Gasteiger partial charge in [-0.25, -0.2) is 4.98 Å². The number of aromatic amines is 1. The number of rotatable bonds is 4. The van der Waals surface area contributed by atoms with E-state index in [4.69, 9.17) is 4.98 Å². The molecule has 2 aromatic rings. The van der Waals surface area contributed by atoms with Gasteiger partial charge in [0, 0.05) is 16.7 Å². The summed E-state index contributed by atoms with van der Waals surface area (Å²) in [5.74, 6) is 1.55. The molecule has 1 aromatic heterocycles. The number of benzene rings is 1. The van der Waals surface area contributed by atoms with Crippen LogP contribution in [0.5, 0.6) is 0 Å². The van der Waals surface area contributed by atoms with Gasteiger partial charge in [0.15, 0.2) is 5.16 Å². The Labute approximate surface area is 160 Å². The van der Waals surface area contributed by atoms with Crippen molar-refractivity contribution >= 4 is 11.8 Å². The number of nitrogens with one attached hydrogen (secondary N) is 1. The summed E-state index contributed by atoms with van der Waals surface area (Å²) in [6.07, 6.45) is 8.37. The average Bonchev–Trinajstić information content (AvgIpc) is 2.67. The van der Waals surface area contributed by atoms with E-state index in [1.165, 1.54) is 37.7 Å². The predicted octanol–water partition coefficient (Wildman–Crippen LogP) is 5.33. The molecule has 138 valence electrons. The molecule has 0 saturated heterocycles. The Hall–Kier alpha value is -1.55. The first-order chi connectivity index (χ1) is 12.6. The number of nitrogens with zero attached hydrogens (tertiary/aromatic N) is 1. The highest BCUT2D eigenvalue weighted by molar-refractivity contribution is 7.99. The molecule has 1 N–H and O–H groups in total. The van der Waals surface area contributed by atoms with Crippen LogP contribution in [0, 0.1) is 5.92 Å². The molecule has 1 atom stereocenters. The highest BCUT2D eigenvalue weighted by Gasteiger charge is 2.44. The fourth-order valence-corrected chi connectivity index (χ4v) is 5.64. The predicted molar refractivity (Wildman–Crippen MR) is 109 cm³/mol. The topological polar surface area (TPSA) is 45.8 Å². The van der Waals surface area contributed by atoms with Crippen LogP contribution in [0.1, 0.15) is 63.5 Å². The Kier molecular flexibility index (Phi) is 4.96. The van der Waals surface area contributed by atoms with Crippen molar-refractivity contribution < 1.29 is 0 Å². The standard InChI is InChI=1S/C22H28N2OS/c1-3-13-26-21-23-19-17-12-8-7-9-15(17)14-22(2,18(19)20(25)24-21)16-10-5-4-6-11-16/h7-9,12,16H,3-6,10-11,13-14H2,1-2H3,(H,23,24,25)/t22-/m1/s1. The zero-order chi connectivity index (χ0) is 18.1. The van der Waals surface area contributed by atoms with Gasteiger partial charge in [-0.2, -0.15) is 0 Å². The van der Waals surface area contributed by atoms with Gasteiger partial charge in [0.25, 0.3) is 5.56 Å². The minimum absolute atomic E-state index is 0.0798. The van der Waals surface area contributed by atoms with E-state index in [-0.39, 0.29) is 11.0 Å². The largest absolute Gasteiger partial charge is 0.301 e. The molecule has 1 saturated carbocycles. The van der Waals surface area contributed by atoms with Crippen molar-refractivity contribution in [2.24, 2.45) is 5.92 Å². The maximum absolute atomic E-state index is 13.2. The van der Waals surface area contributed by atoms with Crippen LogP contribution in [-0.4, -0.2) is 15.7 Å². The Morgan fingerprint density at radius 3 is 2.77 bits per heavy atom. The molecule has 2 aliphatic carbocycles. The van der Waals surface area contributed by atoms with E-state index >= 15 is 0 Å². The number of aromatic nitrogens is 2. The van der Waals surface area contributed by atoms with E-state index in [0.717, 1.165) is 40.6 Å². The molecule has 0 bridgehead atoms. The number of fused-ring (bicyclic) bond motifs is 3. The maximum Gasteiger partial charge on any atom is 0.255 e. The molecule has 0 amide bonds. The summed E-state index contributed by atoms with van der Waals surface area (Å²) in [7, 11) is 0. The third-order valence-corrected chi connectivity index (χ3v) is 7.33. The normalized spacial score (nSPS) is 22.7. The fraction of sp³-hybridized carbons (Fsp3) is 0.545. The fourth-order valence-electron chi connectivity index (χ4n) is 4.92. The molecular weight excluding hydrogens is 340 g/mol. The monoisotopic (exact) mass is 368 g/mol.